The molecule has 5 nitrogen and oxygen atoms in total. The van der Waals surface area contributed by atoms with Gasteiger partial charge in [0.25, 0.3) is 11.5 Å². The fraction of sp³-hybridized carbons (Fsp3) is 0.222. The molecule has 1 unspecified atom stereocenters. The molecule has 0 aliphatic carbocycles. The van der Waals surface area contributed by atoms with Crippen molar-refractivity contribution in [2.24, 2.45) is 0 Å². The van der Waals surface area contributed by atoms with Crippen LogP contribution in [0.5, 0.6) is 0 Å². The Kier molecular flexibility index (Phi) is 7.35. The second-order valence-corrected chi connectivity index (χ2v) is 9.01. The minimum Gasteiger partial charge on any atom is -0.324 e. The SMILES string of the molecule is CCCn1c(C(C)N(Cc2ccccc2)C(=O)c2ccc(Cl)cc2Cl)nc2ccccc2c1=O. The first-order valence-corrected chi connectivity index (χ1v) is 12.0. The van der Waals surface area contributed by atoms with Crippen LogP contribution in [0.1, 0.15) is 48.1 Å². The third-order valence-electron chi connectivity index (χ3n) is 5.80. The zero-order chi connectivity index (χ0) is 24.2. The Bertz CT molecular complexity index is 1390. The van der Waals surface area contributed by atoms with Crippen molar-refractivity contribution < 1.29 is 4.79 Å². The minimum absolute atomic E-state index is 0.106. The third kappa shape index (κ3) is 4.86. The van der Waals surface area contributed by atoms with Gasteiger partial charge in [0.15, 0.2) is 0 Å². The van der Waals surface area contributed by atoms with E-state index in [1.807, 2.05) is 62.4 Å². The van der Waals surface area contributed by atoms with Crippen molar-refractivity contribution in [1.29, 1.82) is 0 Å². The van der Waals surface area contributed by atoms with Gasteiger partial charge in [-0.3, -0.25) is 14.2 Å². The van der Waals surface area contributed by atoms with Gasteiger partial charge in [0.05, 0.1) is 27.5 Å². The number of halogens is 2. The standard InChI is InChI=1S/C27H25Cl2N3O2/c1-3-15-31-25(30-24-12-8-7-11-22(24)27(31)34)18(2)32(17-19-9-5-4-6-10-19)26(33)21-14-13-20(28)16-23(21)29/h4-14,16,18H,3,15,17H2,1-2H3. The number of para-hydroxylation sites is 1. The first kappa shape index (κ1) is 24.0. The summed E-state index contributed by atoms with van der Waals surface area (Å²) < 4.78 is 1.68. The second-order valence-electron chi connectivity index (χ2n) is 8.16. The smallest absolute Gasteiger partial charge is 0.261 e. The molecule has 1 amide bonds. The molecule has 4 rings (SSSR count). The number of rotatable bonds is 7. The van der Waals surface area contributed by atoms with Crippen LogP contribution < -0.4 is 5.56 Å². The maximum Gasteiger partial charge on any atom is 0.261 e. The van der Waals surface area contributed by atoms with Crippen molar-refractivity contribution in [1.82, 2.24) is 14.5 Å². The highest BCUT2D eigenvalue weighted by Crippen LogP contribution is 2.28. The summed E-state index contributed by atoms with van der Waals surface area (Å²) in [6.45, 7) is 4.74. The number of nitrogens with zero attached hydrogens (tertiary/aromatic N) is 3. The Morgan fingerprint density at radius 3 is 2.44 bits per heavy atom. The maximum atomic E-state index is 13.8. The molecule has 34 heavy (non-hydrogen) atoms. The summed E-state index contributed by atoms with van der Waals surface area (Å²) in [4.78, 5) is 33.7. The zero-order valence-electron chi connectivity index (χ0n) is 19.0. The molecular weight excluding hydrogens is 469 g/mol. The zero-order valence-corrected chi connectivity index (χ0v) is 20.6. The highest BCUT2D eigenvalue weighted by molar-refractivity contribution is 6.36. The molecule has 1 heterocycles. The maximum absolute atomic E-state index is 13.8. The molecule has 174 valence electrons. The Labute approximate surface area is 208 Å². The van der Waals surface area contributed by atoms with Crippen molar-refractivity contribution >= 4 is 40.0 Å². The van der Waals surface area contributed by atoms with E-state index in [9.17, 15) is 9.59 Å². The van der Waals surface area contributed by atoms with E-state index in [0.29, 0.717) is 40.4 Å². The summed E-state index contributed by atoms with van der Waals surface area (Å²) in [5, 5.41) is 1.30. The summed E-state index contributed by atoms with van der Waals surface area (Å²) in [5.41, 5.74) is 1.81. The highest BCUT2D eigenvalue weighted by Gasteiger charge is 2.28. The molecule has 0 saturated carbocycles. The predicted octanol–water partition coefficient (Wildman–Crippen LogP) is 6.52. The Balaban J connectivity index is 1.86. The number of hydrogen-bond donors (Lipinski definition) is 0. The molecule has 7 heteroatoms. The van der Waals surface area contributed by atoms with Crippen LogP contribution in [0.15, 0.2) is 77.6 Å². The number of hydrogen-bond acceptors (Lipinski definition) is 3. The van der Waals surface area contributed by atoms with E-state index in [1.165, 1.54) is 0 Å². The van der Waals surface area contributed by atoms with Gasteiger partial charge in [0.2, 0.25) is 0 Å². The van der Waals surface area contributed by atoms with Crippen molar-refractivity contribution in [3.05, 3.63) is 110 Å². The van der Waals surface area contributed by atoms with Crippen LogP contribution in [0.2, 0.25) is 10.0 Å². The lowest BCUT2D eigenvalue weighted by molar-refractivity contribution is 0.0662. The molecule has 0 aliphatic heterocycles. The average molecular weight is 494 g/mol. The average Bonchev–Trinajstić information content (AvgIpc) is 2.84. The molecule has 1 aromatic heterocycles. The molecule has 0 saturated heterocycles. The topological polar surface area (TPSA) is 55.2 Å². The Morgan fingerprint density at radius 1 is 1.03 bits per heavy atom. The van der Waals surface area contributed by atoms with Crippen LogP contribution in [0.3, 0.4) is 0 Å². The van der Waals surface area contributed by atoms with Crippen LogP contribution in [0, 0.1) is 0 Å². The van der Waals surface area contributed by atoms with Crippen LogP contribution in [-0.2, 0) is 13.1 Å². The first-order chi connectivity index (χ1) is 16.4. The summed E-state index contributed by atoms with van der Waals surface area (Å²) >= 11 is 12.5. The fourth-order valence-electron chi connectivity index (χ4n) is 4.07. The van der Waals surface area contributed by atoms with Gasteiger partial charge in [-0.25, -0.2) is 4.98 Å². The fourth-order valence-corrected chi connectivity index (χ4v) is 4.55. The number of aromatic nitrogens is 2. The van der Waals surface area contributed by atoms with E-state index in [2.05, 4.69) is 0 Å². The van der Waals surface area contributed by atoms with Gasteiger partial charge in [-0.05, 0) is 49.2 Å². The summed E-state index contributed by atoms with van der Waals surface area (Å²) in [5.74, 6) is 0.281. The molecule has 0 bridgehead atoms. The van der Waals surface area contributed by atoms with Crippen LogP contribution in [0.4, 0.5) is 0 Å². The molecule has 3 aromatic carbocycles. The predicted molar refractivity (Wildman–Crippen MR) is 137 cm³/mol. The Morgan fingerprint density at radius 2 is 1.74 bits per heavy atom. The minimum atomic E-state index is -0.497. The highest BCUT2D eigenvalue weighted by atomic mass is 35.5. The van der Waals surface area contributed by atoms with Gasteiger partial charge in [-0.1, -0.05) is 72.6 Å². The molecule has 4 aromatic rings. The molecule has 0 N–H and O–H groups in total. The molecule has 0 radical (unpaired) electrons. The number of amides is 1. The van der Waals surface area contributed by atoms with Crippen molar-refractivity contribution in [3.63, 3.8) is 0 Å². The monoisotopic (exact) mass is 493 g/mol. The van der Waals surface area contributed by atoms with E-state index in [0.717, 1.165) is 12.0 Å². The van der Waals surface area contributed by atoms with Crippen LogP contribution in [-0.4, -0.2) is 20.4 Å². The number of carbonyl (C=O) groups is 1. The van der Waals surface area contributed by atoms with E-state index in [4.69, 9.17) is 28.2 Å². The largest absolute Gasteiger partial charge is 0.324 e. The van der Waals surface area contributed by atoms with E-state index < -0.39 is 6.04 Å². The first-order valence-electron chi connectivity index (χ1n) is 11.2. The normalized spacial score (nSPS) is 12.0. The molecule has 0 aliphatic rings. The van der Waals surface area contributed by atoms with Crippen LogP contribution >= 0.6 is 23.2 Å². The third-order valence-corrected chi connectivity index (χ3v) is 6.35. The summed E-state index contributed by atoms with van der Waals surface area (Å²) in [6.07, 6.45) is 0.759. The Hall–Kier alpha value is -3.15. The molecule has 0 spiro atoms. The van der Waals surface area contributed by atoms with E-state index in [1.54, 1.807) is 33.7 Å². The summed E-state index contributed by atoms with van der Waals surface area (Å²) in [7, 11) is 0. The number of carbonyl (C=O) groups excluding carboxylic acids is 1. The van der Waals surface area contributed by atoms with E-state index >= 15 is 0 Å². The van der Waals surface area contributed by atoms with Gasteiger partial charge in [-0.2, -0.15) is 0 Å². The van der Waals surface area contributed by atoms with E-state index in [-0.39, 0.29) is 16.5 Å². The quantitative estimate of drug-likeness (QED) is 0.294. The van der Waals surface area contributed by atoms with Crippen molar-refractivity contribution in [3.8, 4) is 0 Å². The van der Waals surface area contributed by atoms with Gasteiger partial charge in [-0.15, -0.1) is 0 Å². The summed E-state index contributed by atoms with van der Waals surface area (Å²) in [6, 6.07) is 21.3. The van der Waals surface area contributed by atoms with Crippen molar-refractivity contribution in [2.75, 3.05) is 0 Å². The van der Waals surface area contributed by atoms with Gasteiger partial charge >= 0.3 is 0 Å². The number of benzene rings is 3. The lowest BCUT2D eigenvalue weighted by atomic mass is 10.1. The van der Waals surface area contributed by atoms with Crippen LogP contribution in [0.25, 0.3) is 10.9 Å². The van der Waals surface area contributed by atoms with Crippen molar-refractivity contribution in [2.45, 2.75) is 39.4 Å². The second kappa shape index (κ2) is 10.4. The van der Waals surface area contributed by atoms with Gasteiger partial charge in [0, 0.05) is 18.1 Å². The molecular formula is C27H25Cl2N3O2. The molecule has 1 atom stereocenters. The number of fused-ring (bicyclic) bond motifs is 1. The van der Waals surface area contributed by atoms with Gasteiger partial charge < -0.3 is 4.90 Å². The lowest BCUT2D eigenvalue weighted by Gasteiger charge is -2.31. The lowest BCUT2D eigenvalue weighted by Crippen LogP contribution is -2.37. The van der Waals surface area contributed by atoms with Gasteiger partial charge in [0.1, 0.15) is 5.82 Å². The molecule has 0 fully saturated rings.